The molecule has 0 radical (unpaired) electrons. The molecule has 0 spiro atoms. The van der Waals surface area contributed by atoms with E-state index in [1.54, 1.807) is 0 Å². The Kier molecular flexibility index (Phi) is 5.10. The quantitative estimate of drug-likeness (QED) is 0.215. The monoisotopic (exact) mass is 432 g/mol. The molecular formula is C30H28N2O. The van der Waals surface area contributed by atoms with Crippen molar-refractivity contribution < 1.29 is 4.74 Å². The Morgan fingerprint density at radius 3 is 2.21 bits per heavy atom. The minimum atomic E-state index is 0.300. The van der Waals surface area contributed by atoms with Gasteiger partial charge in [-0.15, -0.1) is 0 Å². The second kappa shape index (κ2) is 8.40. The minimum absolute atomic E-state index is 0.300. The SMILES string of the molecule is Cn1c(-c2ccc(OC3CC/C=C\CCC3)cc2)nc2c3ccccc3c3ccccc3c21. The van der Waals surface area contributed by atoms with Crippen LogP contribution in [0.15, 0.2) is 84.9 Å². The van der Waals surface area contributed by atoms with Crippen molar-refractivity contribution in [1.82, 2.24) is 9.55 Å². The zero-order valence-electron chi connectivity index (χ0n) is 19.0. The van der Waals surface area contributed by atoms with Gasteiger partial charge in [-0.25, -0.2) is 4.98 Å². The van der Waals surface area contributed by atoms with E-state index in [2.05, 4.69) is 96.6 Å². The Balaban J connectivity index is 1.41. The van der Waals surface area contributed by atoms with Gasteiger partial charge >= 0.3 is 0 Å². The van der Waals surface area contributed by atoms with Crippen LogP contribution in [0.5, 0.6) is 5.75 Å². The van der Waals surface area contributed by atoms with Crippen LogP contribution in [-0.4, -0.2) is 15.7 Å². The fourth-order valence-corrected chi connectivity index (χ4v) is 5.22. The van der Waals surface area contributed by atoms with Crippen molar-refractivity contribution in [2.45, 2.75) is 38.2 Å². The van der Waals surface area contributed by atoms with Gasteiger partial charge in [-0.05, 0) is 67.1 Å². The summed E-state index contributed by atoms with van der Waals surface area (Å²) in [5, 5.41) is 4.97. The van der Waals surface area contributed by atoms with Crippen molar-refractivity contribution in [2.75, 3.05) is 0 Å². The molecule has 0 fully saturated rings. The Hall–Kier alpha value is -3.59. The maximum Gasteiger partial charge on any atom is 0.140 e. The molecule has 1 heterocycles. The number of fused-ring (bicyclic) bond motifs is 6. The lowest BCUT2D eigenvalue weighted by Crippen LogP contribution is -2.16. The Morgan fingerprint density at radius 2 is 1.42 bits per heavy atom. The lowest BCUT2D eigenvalue weighted by molar-refractivity contribution is 0.178. The molecule has 4 aromatic carbocycles. The number of aromatic nitrogens is 2. The Morgan fingerprint density at radius 1 is 0.758 bits per heavy atom. The van der Waals surface area contributed by atoms with E-state index < -0.39 is 0 Å². The van der Waals surface area contributed by atoms with Gasteiger partial charge in [0, 0.05) is 23.4 Å². The largest absolute Gasteiger partial charge is 0.490 e. The number of hydrogen-bond acceptors (Lipinski definition) is 2. The van der Waals surface area contributed by atoms with E-state index in [9.17, 15) is 0 Å². The van der Waals surface area contributed by atoms with Crippen molar-refractivity contribution in [3.63, 3.8) is 0 Å². The summed E-state index contributed by atoms with van der Waals surface area (Å²) in [4.78, 5) is 5.14. The molecule has 0 bridgehead atoms. The van der Waals surface area contributed by atoms with Crippen molar-refractivity contribution in [3.05, 3.63) is 84.9 Å². The van der Waals surface area contributed by atoms with Crippen molar-refractivity contribution in [1.29, 1.82) is 0 Å². The summed E-state index contributed by atoms with van der Waals surface area (Å²) in [7, 11) is 2.12. The topological polar surface area (TPSA) is 27.1 Å². The molecule has 33 heavy (non-hydrogen) atoms. The van der Waals surface area contributed by atoms with Crippen molar-refractivity contribution in [2.24, 2.45) is 7.05 Å². The van der Waals surface area contributed by atoms with Gasteiger partial charge in [0.1, 0.15) is 11.6 Å². The van der Waals surface area contributed by atoms with Crippen LogP contribution >= 0.6 is 0 Å². The molecule has 0 aliphatic heterocycles. The van der Waals surface area contributed by atoms with Gasteiger partial charge in [-0.2, -0.15) is 0 Å². The van der Waals surface area contributed by atoms with Crippen LogP contribution in [0.25, 0.3) is 44.0 Å². The van der Waals surface area contributed by atoms with E-state index in [0.29, 0.717) is 6.10 Å². The summed E-state index contributed by atoms with van der Waals surface area (Å²) < 4.78 is 8.56. The number of hydrogen-bond donors (Lipinski definition) is 0. The van der Waals surface area contributed by atoms with Gasteiger partial charge in [-0.1, -0.05) is 60.7 Å². The van der Waals surface area contributed by atoms with Crippen LogP contribution in [0, 0.1) is 0 Å². The highest BCUT2D eigenvalue weighted by atomic mass is 16.5. The molecule has 1 atom stereocenters. The van der Waals surface area contributed by atoms with E-state index in [0.717, 1.165) is 48.3 Å². The third kappa shape index (κ3) is 3.58. The van der Waals surface area contributed by atoms with E-state index in [4.69, 9.17) is 9.72 Å². The number of rotatable bonds is 3. The highest BCUT2D eigenvalue weighted by molar-refractivity contribution is 6.23. The maximum absolute atomic E-state index is 6.33. The normalized spacial score (nSPS) is 17.8. The Bertz CT molecular complexity index is 1480. The number of imidazole rings is 1. The molecule has 1 aliphatic carbocycles. The molecule has 0 saturated carbocycles. The van der Waals surface area contributed by atoms with E-state index in [-0.39, 0.29) is 0 Å². The summed E-state index contributed by atoms with van der Waals surface area (Å²) in [6.45, 7) is 0. The summed E-state index contributed by atoms with van der Waals surface area (Å²) in [6, 6.07) is 25.7. The molecule has 0 amide bonds. The maximum atomic E-state index is 6.33. The van der Waals surface area contributed by atoms with Crippen LogP contribution < -0.4 is 4.74 Å². The lowest BCUT2D eigenvalue weighted by atomic mass is 10.00. The molecule has 1 unspecified atom stereocenters. The molecule has 5 aromatic rings. The van der Waals surface area contributed by atoms with Crippen LogP contribution in [0.1, 0.15) is 32.1 Å². The van der Waals surface area contributed by atoms with Gasteiger partial charge in [0.25, 0.3) is 0 Å². The first kappa shape index (κ1) is 20.0. The van der Waals surface area contributed by atoms with Crippen LogP contribution in [0.4, 0.5) is 0 Å². The van der Waals surface area contributed by atoms with Crippen molar-refractivity contribution in [3.8, 4) is 17.1 Å². The van der Waals surface area contributed by atoms with Gasteiger partial charge < -0.3 is 9.30 Å². The first-order valence-electron chi connectivity index (χ1n) is 12.0. The first-order valence-corrected chi connectivity index (χ1v) is 12.0. The summed E-state index contributed by atoms with van der Waals surface area (Å²) in [6.07, 6.45) is 10.6. The van der Waals surface area contributed by atoms with E-state index >= 15 is 0 Å². The fourth-order valence-electron chi connectivity index (χ4n) is 5.22. The second-order valence-electron chi connectivity index (χ2n) is 9.03. The molecule has 1 aromatic heterocycles. The average molecular weight is 433 g/mol. The Labute approximate surface area is 194 Å². The molecule has 3 nitrogen and oxygen atoms in total. The number of aryl methyl sites for hydroxylation is 1. The molecular weight excluding hydrogens is 404 g/mol. The zero-order valence-corrected chi connectivity index (χ0v) is 19.0. The third-order valence-corrected chi connectivity index (χ3v) is 6.88. The highest BCUT2D eigenvalue weighted by Gasteiger charge is 2.17. The zero-order chi connectivity index (χ0) is 22.2. The second-order valence-corrected chi connectivity index (χ2v) is 9.03. The molecule has 1 aliphatic rings. The number of allylic oxidation sites excluding steroid dienone is 2. The van der Waals surface area contributed by atoms with E-state index in [1.807, 2.05) is 0 Å². The first-order chi connectivity index (χ1) is 16.3. The van der Waals surface area contributed by atoms with Crippen LogP contribution in [-0.2, 0) is 7.05 Å². The standard InChI is InChI=1S/C30H28N2O/c1-32-29-27-16-10-8-14-25(27)24-13-7-9-15-26(24)28(29)31-30(32)21-17-19-23(20-18-21)33-22-11-5-3-2-4-6-12-22/h2-3,7-10,13-20,22H,4-6,11-12H2,1H3/b3-2-. The smallest absolute Gasteiger partial charge is 0.140 e. The highest BCUT2D eigenvalue weighted by Crippen LogP contribution is 2.37. The van der Waals surface area contributed by atoms with Gasteiger partial charge in [0.15, 0.2) is 0 Å². The van der Waals surface area contributed by atoms with Gasteiger partial charge in [0.2, 0.25) is 0 Å². The van der Waals surface area contributed by atoms with Gasteiger partial charge in [0.05, 0.1) is 17.1 Å². The molecule has 6 rings (SSSR count). The minimum Gasteiger partial charge on any atom is -0.490 e. The molecule has 0 N–H and O–H groups in total. The summed E-state index contributed by atoms with van der Waals surface area (Å²) in [5.74, 6) is 1.93. The molecule has 164 valence electrons. The lowest BCUT2D eigenvalue weighted by Gasteiger charge is -2.20. The number of ether oxygens (including phenoxy) is 1. The van der Waals surface area contributed by atoms with E-state index in [1.165, 1.54) is 33.5 Å². The predicted molar refractivity (Wildman–Crippen MR) is 138 cm³/mol. The fraction of sp³-hybridized carbons (Fsp3) is 0.233. The molecule has 3 heteroatoms. The summed E-state index contributed by atoms with van der Waals surface area (Å²) in [5.41, 5.74) is 3.35. The van der Waals surface area contributed by atoms with Crippen LogP contribution in [0.2, 0.25) is 0 Å². The number of nitrogens with zero attached hydrogens (tertiary/aromatic N) is 2. The van der Waals surface area contributed by atoms with Gasteiger partial charge in [-0.3, -0.25) is 0 Å². The third-order valence-electron chi connectivity index (χ3n) is 6.88. The molecule has 0 saturated heterocycles. The summed E-state index contributed by atoms with van der Waals surface area (Å²) >= 11 is 0. The van der Waals surface area contributed by atoms with Crippen molar-refractivity contribution >= 4 is 32.6 Å². The van der Waals surface area contributed by atoms with Crippen LogP contribution in [0.3, 0.4) is 0 Å². The predicted octanol–water partition coefficient (Wildman–Crippen LogP) is 7.81. The average Bonchev–Trinajstić information content (AvgIpc) is 3.19. The number of benzene rings is 4.